The maximum atomic E-state index is 12.8. The molecule has 8 heteroatoms. The fourth-order valence-electron chi connectivity index (χ4n) is 5.15. The number of pyridine rings is 2. The highest BCUT2D eigenvalue weighted by molar-refractivity contribution is 6.31. The molecule has 0 saturated heterocycles. The summed E-state index contributed by atoms with van der Waals surface area (Å²) in [4.78, 5) is 21.9. The van der Waals surface area contributed by atoms with Crippen molar-refractivity contribution < 1.29 is 9.53 Å². The first kappa shape index (κ1) is 25.2. The van der Waals surface area contributed by atoms with E-state index in [2.05, 4.69) is 21.5 Å². The molecule has 7 nitrogen and oxygen atoms in total. The van der Waals surface area contributed by atoms with Crippen LogP contribution in [0.2, 0.25) is 5.02 Å². The SMILES string of the molecule is Cc1cc(-c2ccnn2C)c2cccc(OCc3c(Cl)cncc3CNC(=O)C3CCCCCC3)c2n1. The van der Waals surface area contributed by atoms with E-state index in [4.69, 9.17) is 21.3 Å². The van der Waals surface area contributed by atoms with Gasteiger partial charge in [0.05, 0.1) is 10.7 Å². The van der Waals surface area contributed by atoms with E-state index in [1.165, 1.54) is 12.8 Å². The van der Waals surface area contributed by atoms with E-state index in [0.717, 1.165) is 64.7 Å². The lowest BCUT2D eigenvalue weighted by molar-refractivity contribution is -0.125. The van der Waals surface area contributed by atoms with E-state index in [9.17, 15) is 4.79 Å². The Morgan fingerprint density at radius 1 is 1.16 bits per heavy atom. The van der Waals surface area contributed by atoms with Crippen molar-refractivity contribution in [3.8, 4) is 17.0 Å². The van der Waals surface area contributed by atoms with Crippen molar-refractivity contribution >= 4 is 28.4 Å². The van der Waals surface area contributed by atoms with E-state index in [-0.39, 0.29) is 18.4 Å². The van der Waals surface area contributed by atoms with Crippen molar-refractivity contribution in [3.63, 3.8) is 0 Å². The maximum Gasteiger partial charge on any atom is 0.223 e. The van der Waals surface area contributed by atoms with Gasteiger partial charge in [-0.15, -0.1) is 0 Å². The van der Waals surface area contributed by atoms with Crippen LogP contribution >= 0.6 is 11.6 Å². The Hall–Kier alpha value is -3.45. The number of benzene rings is 1. The summed E-state index contributed by atoms with van der Waals surface area (Å²) < 4.78 is 8.17. The lowest BCUT2D eigenvalue weighted by Crippen LogP contribution is -2.30. The molecule has 1 aliphatic rings. The Morgan fingerprint density at radius 2 is 1.97 bits per heavy atom. The minimum atomic E-state index is 0.0907. The quantitative estimate of drug-likeness (QED) is 0.297. The van der Waals surface area contributed by atoms with Crippen LogP contribution in [0.15, 0.2) is 48.9 Å². The highest BCUT2D eigenvalue weighted by Gasteiger charge is 2.21. The molecule has 0 aliphatic heterocycles. The molecule has 0 atom stereocenters. The van der Waals surface area contributed by atoms with Gasteiger partial charge in [-0.25, -0.2) is 4.98 Å². The number of amides is 1. The van der Waals surface area contributed by atoms with Crippen molar-refractivity contribution in [2.45, 2.75) is 58.6 Å². The molecule has 1 saturated carbocycles. The highest BCUT2D eigenvalue weighted by Crippen LogP contribution is 2.34. The average molecular weight is 518 g/mol. The molecule has 4 aromatic rings. The number of carbonyl (C=O) groups is 1. The fourth-order valence-corrected chi connectivity index (χ4v) is 5.38. The lowest BCUT2D eigenvalue weighted by Gasteiger charge is -2.17. The zero-order valence-electron chi connectivity index (χ0n) is 21.3. The topological polar surface area (TPSA) is 81.9 Å². The number of carbonyl (C=O) groups excluding carboxylic acids is 1. The van der Waals surface area contributed by atoms with Gasteiger partial charge < -0.3 is 10.1 Å². The summed E-state index contributed by atoms with van der Waals surface area (Å²) in [5, 5.41) is 8.94. The Labute approximate surface area is 222 Å². The number of hydrogen-bond donors (Lipinski definition) is 1. The number of nitrogens with one attached hydrogen (secondary N) is 1. The third kappa shape index (κ3) is 5.62. The minimum absolute atomic E-state index is 0.0907. The molecule has 0 radical (unpaired) electrons. The number of aromatic nitrogens is 4. The van der Waals surface area contributed by atoms with Crippen LogP contribution in [0.25, 0.3) is 22.2 Å². The number of ether oxygens (including phenoxy) is 1. The molecule has 192 valence electrons. The predicted octanol–water partition coefficient (Wildman–Crippen LogP) is 6.16. The third-order valence-corrected chi connectivity index (χ3v) is 7.50. The lowest BCUT2D eigenvalue weighted by atomic mass is 9.99. The van der Waals surface area contributed by atoms with Crippen molar-refractivity contribution in [1.82, 2.24) is 25.1 Å². The van der Waals surface area contributed by atoms with Gasteiger partial charge in [-0.05, 0) is 43.5 Å². The second-order valence-electron chi connectivity index (χ2n) is 9.76. The third-order valence-electron chi connectivity index (χ3n) is 7.17. The summed E-state index contributed by atoms with van der Waals surface area (Å²) >= 11 is 6.55. The van der Waals surface area contributed by atoms with Crippen LogP contribution in [0.1, 0.15) is 55.3 Å². The maximum absolute atomic E-state index is 12.8. The van der Waals surface area contributed by atoms with Crippen molar-refractivity contribution in [2.24, 2.45) is 13.0 Å². The van der Waals surface area contributed by atoms with Crippen molar-refractivity contribution in [1.29, 1.82) is 0 Å². The molecule has 1 fully saturated rings. The fraction of sp³-hybridized carbons (Fsp3) is 0.379. The molecule has 0 unspecified atom stereocenters. The first-order chi connectivity index (χ1) is 18.0. The summed E-state index contributed by atoms with van der Waals surface area (Å²) in [6, 6.07) is 10.00. The van der Waals surface area contributed by atoms with E-state index in [1.807, 2.05) is 42.9 Å². The van der Waals surface area contributed by atoms with Gasteiger partial charge in [0.2, 0.25) is 5.91 Å². The summed E-state index contributed by atoms with van der Waals surface area (Å²) in [5.74, 6) is 0.879. The molecule has 1 aliphatic carbocycles. The highest BCUT2D eigenvalue weighted by atomic mass is 35.5. The van der Waals surface area contributed by atoms with Gasteiger partial charge in [0, 0.05) is 60.3 Å². The molecule has 37 heavy (non-hydrogen) atoms. The minimum Gasteiger partial charge on any atom is -0.487 e. The van der Waals surface area contributed by atoms with Gasteiger partial charge in [0.25, 0.3) is 0 Å². The largest absolute Gasteiger partial charge is 0.487 e. The second-order valence-corrected chi connectivity index (χ2v) is 10.2. The average Bonchev–Trinajstić information content (AvgIpc) is 3.13. The van der Waals surface area contributed by atoms with Crippen LogP contribution in [0, 0.1) is 12.8 Å². The molecule has 3 aromatic heterocycles. The predicted molar refractivity (Wildman–Crippen MR) is 145 cm³/mol. The first-order valence-corrected chi connectivity index (χ1v) is 13.3. The number of fused-ring (bicyclic) bond motifs is 1. The van der Waals surface area contributed by atoms with E-state index in [0.29, 0.717) is 17.3 Å². The molecule has 1 N–H and O–H groups in total. The molecule has 0 bridgehead atoms. The van der Waals surface area contributed by atoms with E-state index >= 15 is 0 Å². The zero-order chi connectivity index (χ0) is 25.8. The number of rotatable bonds is 7. The van der Waals surface area contributed by atoms with Crippen LogP contribution < -0.4 is 10.1 Å². The van der Waals surface area contributed by atoms with Gasteiger partial charge in [-0.3, -0.25) is 14.5 Å². The van der Waals surface area contributed by atoms with Crippen LogP contribution in [-0.2, 0) is 25.0 Å². The van der Waals surface area contributed by atoms with E-state index < -0.39 is 0 Å². The molecule has 5 rings (SSSR count). The Morgan fingerprint density at radius 3 is 2.73 bits per heavy atom. The van der Waals surface area contributed by atoms with Crippen LogP contribution in [-0.4, -0.2) is 25.7 Å². The normalized spacial score (nSPS) is 14.5. The summed E-state index contributed by atoms with van der Waals surface area (Å²) in [7, 11) is 1.93. The van der Waals surface area contributed by atoms with Crippen molar-refractivity contribution in [2.75, 3.05) is 0 Å². The molecule has 1 aromatic carbocycles. The number of halogens is 1. The summed E-state index contributed by atoms with van der Waals surface area (Å²) in [6.07, 6.45) is 11.8. The number of para-hydroxylation sites is 1. The monoisotopic (exact) mass is 517 g/mol. The Balaban J connectivity index is 1.37. The van der Waals surface area contributed by atoms with Crippen molar-refractivity contribution in [3.05, 3.63) is 70.8 Å². The van der Waals surface area contributed by atoms with Gasteiger partial charge in [-0.1, -0.05) is 49.4 Å². The first-order valence-electron chi connectivity index (χ1n) is 12.9. The zero-order valence-corrected chi connectivity index (χ0v) is 22.1. The standard InChI is InChI=1S/C29H32ClN5O2/c1-19-14-23(26-12-13-33-35(26)2)22-10-7-11-27(28(22)34-19)37-18-24-21(15-31-17-25(24)30)16-32-29(36)20-8-5-3-4-6-9-20/h7,10-15,17,20H,3-6,8-9,16,18H2,1-2H3,(H,32,36). The number of hydrogen-bond acceptors (Lipinski definition) is 5. The van der Waals surface area contributed by atoms with Gasteiger partial charge >= 0.3 is 0 Å². The number of nitrogens with zero attached hydrogens (tertiary/aromatic N) is 4. The molecule has 0 spiro atoms. The smallest absolute Gasteiger partial charge is 0.223 e. The number of aryl methyl sites for hydroxylation is 2. The summed E-state index contributed by atoms with van der Waals surface area (Å²) in [5.41, 5.74) is 5.41. The molecule has 1 amide bonds. The van der Waals surface area contributed by atoms with E-state index in [1.54, 1.807) is 18.6 Å². The summed E-state index contributed by atoms with van der Waals surface area (Å²) in [6.45, 7) is 2.59. The van der Waals surface area contributed by atoms with Gasteiger partial charge in [-0.2, -0.15) is 5.10 Å². The molecular weight excluding hydrogens is 486 g/mol. The molecule has 3 heterocycles. The Bertz CT molecular complexity index is 1410. The second kappa shape index (κ2) is 11.3. The van der Waals surface area contributed by atoms with Crippen LogP contribution in [0.3, 0.4) is 0 Å². The van der Waals surface area contributed by atoms with Gasteiger partial charge in [0.15, 0.2) is 0 Å². The Kier molecular flexibility index (Phi) is 7.70. The molecular formula is C29H32ClN5O2. The van der Waals surface area contributed by atoms with Gasteiger partial charge in [0.1, 0.15) is 17.9 Å². The van der Waals surface area contributed by atoms with Crippen LogP contribution in [0.5, 0.6) is 5.75 Å². The van der Waals surface area contributed by atoms with Crippen LogP contribution in [0.4, 0.5) is 0 Å².